The Morgan fingerprint density at radius 2 is 1.97 bits per heavy atom. The van der Waals surface area contributed by atoms with Crippen LogP contribution >= 0.6 is 11.8 Å². The number of aliphatic carboxylic acids is 1. The molecule has 2 bridgehead atoms. The summed E-state index contributed by atoms with van der Waals surface area (Å²) in [6.07, 6.45) is 3.49. The first-order chi connectivity index (χ1) is 16.6. The molecule has 2 unspecified atom stereocenters. The lowest BCUT2D eigenvalue weighted by atomic mass is 9.71. The number of carboxylic acids is 1. The predicted octanol–water partition coefficient (Wildman–Crippen LogP) is 3.41. The Hall–Kier alpha value is -2.32. The number of para-hydroxylation sites is 1. The number of rotatable bonds is 9. The first-order valence-corrected chi connectivity index (χ1v) is 13.3. The van der Waals surface area contributed by atoms with E-state index in [1.807, 2.05) is 45.9 Å². The van der Waals surface area contributed by atoms with Gasteiger partial charge in [-0.05, 0) is 50.2 Å². The smallest absolute Gasteiger partial charge is 0.308 e. The number of aliphatic hydroxyl groups excluding tert-OH is 1. The molecule has 0 aromatic heterocycles. The number of nitrogens with zero attached hydrogens (tertiary/aromatic N) is 2. The van der Waals surface area contributed by atoms with Gasteiger partial charge in [-0.3, -0.25) is 14.4 Å². The van der Waals surface area contributed by atoms with Crippen molar-refractivity contribution >= 4 is 35.2 Å². The molecule has 3 aliphatic rings. The van der Waals surface area contributed by atoms with Gasteiger partial charge in [0.1, 0.15) is 6.04 Å². The van der Waals surface area contributed by atoms with Gasteiger partial charge < -0.3 is 20.0 Å². The van der Waals surface area contributed by atoms with Crippen molar-refractivity contribution in [3.05, 3.63) is 42.0 Å². The number of amides is 2. The highest BCUT2D eigenvalue weighted by molar-refractivity contribution is 8.02. The molecular formula is C27H36N2O5S. The van der Waals surface area contributed by atoms with Crippen LogP contribution in [-0.2, 0) is 14.4 Å². The Balaban J connectivity index is 1.87. The minimum atomic E-state index is -0.974. The van der Waals surface area contributed by atoms with Gasteiger partial charge in [-0.25, -0.2) is 0 Å². The van der Waals surface area contributed by atoms with E-state index in [2.05, 4.69) is 6.58 Å². The van der Waals surface area contributed by atoms with E-state index in [4.69, 9.17) is 0 Å². The number of carboxylic acid groups (broad SMARTS) is 1. The van der Waals surface area contributed by atoms with Gasteiger partial charge in [-0.1, -0.05) is 38.1 Å². The van der Waals surface area contributed by atoms with E-state index in [9.17, 15) is 24.6 Å². The standard InChI is InChI=1S/C27H36N2O5S/c1-6-12-28(22-16(4)8-7-9-17(22)5)25(32)23-27-11-10-19(35-27)20(26(33)34)21(27)24(31)29(23)18(14-30)13-15(2)3/h6-9,15,18-21,23,30H,1,10-14H2,2-5H3,(H,33,34)/t18-,19+,20-,21+,23?,27?/m1/s1. The molecule has 190 valence electrons. The third-order valence-corrected chi connectivity index (χ3v) is 9.84. The number of anilines is 1. The Labute approximate surface area is 211 Å². The molecule has 0 aliphatic carbocycles. The maximum atomic E-state index is 14.5. The minimum absolute atomic E-state index is 0.176. The normalized spacial score (nSPS) is 30.0. The van der Waals surface area contributed by atoms with Gasteiger partial charge in [-0.15, -0.1) is 18.3 Å². The molecule has 1 spiro atoms. The Kier molecular flexibility index (Phi) is 7.08. The molecule has 0 radical (unpaired) electrons. The molecule has 3 heterocycles. The zero-order valence-corrected chi connectivity index (χ0v) is 21.8. The van der Waals surface area contributed by atoms with Crippen LogP contribution in [0.25, 0.3) is 0 Å². The summed E-state index contributed by atoms with van der Waals surface area (Å²) in [5.74, 6) is -2.88. The van der Waals surface area contributed by atoms with Crippen molar-refractivity contribution in [1.29, 1.82) is 0 Å². The first-order valence-electron chi connectivity index (χ1n) is 12.4. The van der Waals surface area contributed by atoms with Gasteiger partial charge in [0.25, 0.3) is 5.91 Å². The molecule has 8 heteroatoms. The van der Waals surface area contributed by atoms with Gasteiger partial charge in [0.15, 0.2) is 0 Å². The second-order valence-corrected chi connectivity index (χ2v) is 12.2. The molecule has 0 saturated carbocycles. The van der Waals surface area contributed by atoms with Gasteiger partial charge in [0, 0.05) is 17.5 Å². The molecule has 1 aromatic carbocycles. The number of hydrogen-bond donors (Lipinski definition) is 2. The highest BCUT2D eigenvalue weighted by Gasteiger charge is 2.74. The van der Waals surface area contributed by atoms with Crippen molar-refractivity contribution in [3.63, 3.8) is 0 Å². The number of carbonyl (C=O) groups excluding carboxylic acids is 2. The summed E-state index contributed by atoms with van der Waals surface area (Å²) in [7, 11) is 0. The van der Waals surface area contributed by atoms with Gasteiger partial charge in [-0.2, -0.15) is 0 Å². The SMILES string of the molecule is C=CCN(C(=O)C1N([C@@H](CO)CC(C)C)C(=O)[C@@H]2[C@H](C(=O)O)[C@@H]3CCC12S3)c1c(C)cccc1C. The van der Waals surface area contributed by atoms with Crippen LogP contribution in [-0.4, -0.2) is 68.1 Å². The topological polar surface area (TPSA) is 98.2 Å². The molecule has 35 heavy (non-hydrogen) atoms. The molecule has 3 aliphatic heterocycles. The predicted molar refractivity (Wildman–Crippen MR) is 137 cm³/mol. The fourth-order valence-corrected chi connectivity index (χ4v) is 8.86. The molecular weight excluding hydrogens is 464 g/mol. The number of benzene rings is 1. The van der Waals surface area contributed by atoms with E-state index < -0.39 is 34.6 Å². The van der Waals surface area contributed by atoms with Gasteiger partial charge in [0.05, 0.1) is 29.2 Å². The van der Waals surface area contributed by atoms with Crippen LogP contribution < -0.4 is 4.90 Å². The van der Waals surface area contributed by atoms with Crippen molar-refractivity contribution in [3.8, 4) is 0 Å². The summed E-state index contributed by atoms with van der Waals surface area (Å²) < 4.78 is -0.803. The van der Waals surface area contributed by atoms with E-state index >= 15 is 0 Å². The monoisotopic (exact) mass is 500 g/mol. The maximum Gasteiger partial charge on any atom is 0.308 e. The number of aryl methyl sites for hydroxylation is 2. The lowest BCUT2D eigenvalue weighted by Crippen LogP contribution is -2.58. The molecule has 1 aromatic rings. The zero-order valence-electron chi connectivity index (χ0n) is 20.9. The number of likely N-dealkylation sites (tertiary alicyclic amines) is 1. The average Bonchev–Trinajstić information content (AvgIpc) is 3.43. The quantitative estimate of drug-likeness (QED) is 0.505. The third-order valence-electron chi connectivity index (χ3n) is 7.89. The Morgan fingerprint density at radius 3 is 2.51 bits per heavy atom. The lowest BCUT2D eigenvalue weighted by molar-refractivity contribution is -0.149. The van der Waals surface area contributed by atoms with Gasteiger partial charge >= 0.3 is 5.97 Å². The molecule has 3 saturated heterocycles. The van der Waals surface area contributed by atoms with Crippen molar-refractivity contribution in [2.45, 2.75) is 69.0 Å². The summed E-state index contributed by atoms with van der Waals surface area (Å²) in [6.45, 7) is 11.8. The van der Waals surface area contributed by atoms with Crippen LogP contribution in [0.4, 0.5) is 5.69 Å². The van der Waals surface area contributed by atoms with E-state index in [1.165, 1.54) is 11.8 Å². The largest absolute Gasteiger partial charge is 0.481 e. The second kappa shape index (κ2) is 9.62. The third kappa shape index (κ3) is 3.99. The summed E-state index contributed by atoms with van der Waals surface area (Å²) in [5, 5.41) is 20.2. The zero-order chi connectivity index (χ0) is 25.7. The van der Waals surface area contributed by atoms with E-state index in [1.54, 1.807) is 15.9 Å². The second-order valence-electron chi connectivity index (χ2n) is 10.6. The van der Waals surface area contributed by atoms with Crippen LogP contribution in [0.2, 0.25) is 0 Å². The summed E-state index contributed by atoms with van der Waals surface area (Å²) in [6, 6.07) is 4.47. The van der Waals surface area contributed by atoms with Crippen molar-refractivity contribution in [2.24, 2.45) is 17.8 Å². The summed E-state index contributed by atoms with van der Waals surface area (Å²) in [4.78, 5) is 44.1. The molecule has 3 fully saturated rings. The lowest BCUT2D eigenvalue weighted by Gasteiger charge is -2.40. The fourth-order valence-electron chi connectivity index (χ4n) is 6.67. The van der Waals surface area contributed by atoms with Crippen molar-refractivity contribution in [2.75, 3.05) is 18.1 Å². The number of aliphatic hydroxyl groups is 1. The molecule has 6 atom stereocenters. The summed E-state index contributed by atoms with van der Waals surface area (Å²) >= 11 is 1.52. The van der Waals surface area contributed by atoms with Gasteiger partial charge in [0.2, 0.25) is 5.91 Å². The van der Waals surface area contributed by atoms with Crippen LogP contribution in [0, 0.1) is 31.6 Å². The maximum absolute atomic E-state index is 14.5. The van der Waals surface area contributed by atoms with Crippen molar-refractivity contribution in [1.82, 2.24) is 4.90 Å². The number of thioether (sulfide) groups is 1. The summed E-state index contributed by atoms with van der Waals surface area (Å²) in [5.41, 5.74) is 2.68. The minimum Gasteiger partial charge on any atom is -0.481 e. The van der Waals surface area contributed by atoms with Crippen molar-refractivity contribution < 1.29 is 24.6 Å². The molecule has 2 amide bonds. The Bertz CT molecular complexity index is 1020. The first kappa shape index (κ1) is 25.8. The molecule has 2 N–H and O–H groups in total. The van der Waals surface area contributed by atoms with E-state index in [0.29, 0.717) is 19.3 Å². The number of hydrogen-bond acceptors (Lipinski definition) is 5. The van der Waals surface area contributed by atoms with E-state index in [0.717, 1.165) is 16.8 Å². The fraction of sp³-hybridized carbons (Fsp3) is 0.593. The number of carbonyl (C=O) groups is 3. The Morgan fingerprint density at radius 1 is 1.31 bits per heavy atom. The highest BCUT2D eigenvalue weighted by atomic mass is 32.2. The van der Waals surface area contributed by atoms with Crippen LogP contribution in [0.3, 0.4) is 0 Å². The van der Waals surface area contributed by atoms with Crippen LogP contribution in [0.15, 0.2) is 30.9 Å². The van der Waals surface area contributed by atoms with Crippen LogP contribution in [0.5, 0.6) is 0 Å². The van der Waals surface area contributed by atoms with E-state index in [-0.39, 0.29) is 36.1 Å². The molecule has 7 nitrogen and oxygen atoms in total. The highest BCUT2D eigenvalue weighted by Crippen LogP contribution is 2.67. The number of fused-ring (bicyclic) bond motifs is 1. The molecule has 4 rings (SSSR count). The van der Waals surface area contributed by atoms with Crippen LogP contribution in [0.1, 0.15) is 44.2 Å². The average molecular weight is 501 g/mol.